The van der Waals surface area contributed by atoms with Crippen molar-refractivity contribution in [3.63, 3.8) is 0 Å². The Hall–Kier alpha value is -1.26. The van der Waals surface area contributed by atoms with E-state index in [0.29, 0.717) is 0 Å². The Morgan fingerprint density at radius 1 is 1.21 bits per heavy atom. The Morgan fingerprint density at radius 2 is 2.11 bits per heavy atom. The molecule has 0 aliphatic carbocycles. The maximum absolute atomic E-state index is 4.29. The molecule has 2 aromatic rings. The Labute approximate surface area is 119 Å². The van der Waals surface area contributed by atoms with E-state index in [9.17, 15) is 0 Å². The Kier molecular flexibility index (Phi) is 5.48. The van der Waals surface area contributed by atoms with Gasteiger partial charge in [0.1, 0.15) is 10.0 Å². The van der Waals surface area contributed by atoms with E-state index >= 15 is 0 Å². The molecule has 0 saturated carbocycles. The molecular formula is C15H21N3S. The summed E-state index contributed by atoms with van der Waals surface area (Å²) in [5.41, 5.74) is 2.44. The van der Waals surface area contributed by atoms with Crippen LogP contribution in [0.1, 0.15) is 30.3 Å². The number of benzene rings is 1. The van der Waals surface area contributed by atoms with E-state index in [1.807, 2.05) is 0 Å². The van der Waals surface area contributed by atoms with E-state index in [4.69, 9.17) is 0 Å². The molecule has 0 unspecified atom stereocenters. The van der Waals surface area contributed by atoms with Crippen LogP contribution in [0.2, 0.25) is 0 Å². The largest absolute Gasteiger partial charge is 0.317 e. The molecule has 1 aromatic heterocycles. The van der Waals surface area contributed by atoms with Gasteiger partial charge < -0.3 is 5.32 Å². The number of aromatic nitrogens is 2. The van der Waals surface area contributed by atoms with Crippen LogP contribution in [0.25, 0.3) is 10.6 Å². The molecule has 19 heavy (non-hydrogen) atoms. The zero-order valence-corrected chi connectivity index (χ0v) is 12.5. The highest BCUT2D eigenvalue weighted by Gasteiger charge is 2.06. The minimum atomic E-state index is 1.01. The average Bonchev–Trinajstić information content (AvgIpc) is 2.87. The summed E-state index contributed by atoms with van der Waals surface area (Å²) in [4.78, 5) is 0. The van der Waals surface area contributed by atoms with Crippen molar-refractivity contribution in [1.29, 1.82) is 0 Å². The van der Waals surface area contributed by atoms with Gasteiger partial charge in [-0.15, -0.1) is 10.2 Å². The zero-order valence-electron chi connectivity index (χ0n) is 11.6. The maximum atomic E-state index is 4.29. The molecule has 102 valence electrons. The lowest BCUT2D eigenvalue weighted by Gasteiger charge is -2.00. The van der Waals surface area contributed by atoms with Crippen molar-refractivity contribution < 1.29 is 0 Å². The summed E-state index contributed by atoms with van der Waals surface area (Å²) in [6.07, 6.45) is 3.33. The van der Waals surface area contributed by atoms with Crippen LogP contribution >= 0.6 is 11.3 Å². The summed E-state index contributed by atoms with van der Waals surface area (Å²) in [7, 11) is 0. The Balaban J connectivity index is 1.88. The number of nitrogens with zero attached hydrogens (tertiary/aromatic N) is 2. The second-order valence-electron chi connectivity index (χ2n) is 4.72. The summed E-state index contributed by atoms with van der Waals surface area (Å²) < 4.78 is 0. The lowest BCUT2D eigenvalue weighted by Crippen LogP contribution is -2.16. The fourth-order valence-electron chi connectivity index (χ4n) is 1.92. The molecule has 1 N–H and O–H groups in total. The minimum absolute atomic E-state index is 1.01. The van der Waals surface area contributed by atoms with E-state index < -0.39 is 0 Å². The molecule has 0 amide bonds. The third-order valence-corrected chi connectivity index (χ3v) is 3.93. The van der Waals surface area contributed by atoms with Gasteiger partial charge in [0.05, 0.1) is 0 Å². The van der Waals surface area contributed by atoms with Crippen LogP contribution in [0.15, 0.2) is 24.3 Å². The summed E-state index contributed by atoms with van der Waals surface area (Å²) in [6, 6.07) is 8.43. The van der Waals surface area contributed by atoms with Crippen molar-refractivity contribution in [2.24, 2.45) is 0 Å². The van der Waals surface area contributed by atoms with Crippen molar-refractivity contribution >= 4 is 11.3 Å². The van der Waals surface area contributed by atoms with Crippen LogP contribution in [0.5, 0.6) is 0 Å². The van der Waals surface area contributed by atoms with Gasteiger partial charge in [0, 0.05) is 12.0 Å². The van der Waals surface area contributed by atoms with Gasteiger partial charge >= 0.3 is 0 Å². The first-order valence-corrected chi connectivity index (χ1v) is 7.71. The summed E-state index contributed by atoms with van der Waals surface area (Å²) in [6.45, 7) is 6.45. The highest BCUT2D eigenvalue weighted by atomic mass is 32.1. The van der Waals surface area contributed by atoms with Gasteiger partial charge in [0.25, 0.3) is 0 Å². The normalized spacial score (nSPS) is 10.8. The smallest absolute Gasteiger partial charge is 0.147 e. The minimum Gasteiger partial charge on any atom is -0.317 e. The number of aryl methyl sites for hydroxylation is 2. The quantitative estimate of drug-likeness (QED) is 0.787. The highest BCUT2D eigenvalue weighted by Crippen LogP contribution is 2.24. The van der Waals surface area contributed by atoms with Gasteiger partial charge in [-0.2, -0.15) is 0 Å². The van der Waals surface area contributed by atoms with E-state index in [1.54, 1.807) is 11.3 Å². The standard InChI is InChI=1S/C15H21N3S/c1-3-9-16-10-5-8-14-17-18-15(19-14)13-7-4-6-12(2)11-13/h4,6-7,11,16H,3,5,8-10H2,1-2H3. The molecule has 0 bridgehead atoms. The first-order valence-electron chi connectivity index (χ1n) is 6.89. The van der Waals surface area contributed by atoms with Gasteiger partial charge in [-0.05, 0) is 38.9 Å². The topological polar surface area (TPSA) is 37.8 Å². The van der Waals surface area contributed by atoms with Crippen LogP contribution < -0.4 is 5.32 Å². The molecule has 0 atom stereocenters. The number of nitrogens with one attached hydrogen (secondary N) is 1. The highest BCUT2D eigenvalue weighted by molar-refractivity contribution is 7.14. The van der Waals surface area contributed by atoms with Crippen LogP contribution in [0.4, 0.5) is 0 Å². The molecule has 0 fully saturated rings. The predicted molar refractivity (Wildman–Crippen MR) is 81.6 cm³/mol. The number of hydrogen-bond acceptors (Lipinski definition) is 4. The van der Waals surface area contributed by atoms with Crippen molar-refractivity contribution in [2.75, 3.05) is 13.1 Å². The van der Waals surface area contributed by atoms with E-state index in [2.05, 4.69) is 53.6 Å². The van der Waals surface area contributed by atoms with Gasteiger partial charge in [-0.25, -0.2) is 0 Å². The summed E-state index contributed by atoms with van der Waals surface area (Å²) >= 11 is 1.71. The van der Waals surface area contributed by atoms with Crippen molar-refractivity contribution in [2.45, 2.75) is 33.1 Å². The van der Waals surface area contributed by atoms with E-state index in [0.717, 1.165) is 35.9 Å². The average molecular weight is 275 g/mol. The predicted octanol–water partition coefficient (Wildman–Crippen LogP) is 3.45. The van der Waals surface area contributed by atoms with Crippen LogP contribution in [0, 0.1) is 6.92 Å². The van der Waals surface area contributed by atoms with E-state index in [1.165, 1.54) is 17.5 Å². The first-order chi connectivity index (χ1) is 9.29. The number of rotatable bonds is 7. The molecule has 1 heterocycles. The lowest BCUT2D eigenvalue weighted by molar-refractivity contribution is 0.637. The Bertz CT molecular complexity index is 508. The van der Waals surface area contributed by atoms with Crippen molar-refractivity contribution in [1.82, 2.24) is 15.5 Å². The molecular weight excluding hydrogens is 254 g/mol. The zero-order chi connectivity index (χ0) is 13.5. The summed E-state index contributed by atoms with van der Waals surface area (Å²) in [5, 5.41) is 14.1. The molecule has 3 nitrogen and oxygen atoms in total. The third kappa shape index (κ3) is 4.40. The molecule has 0 saturated heterocycles. The third-order valence-electron chi connectivity index (χ3n) is 2.90. The number of hydrogen-bond donors (Lipinski definition) is 1. The van der Waals surface area contributed by atoms with Crippen molar-refractivity contribution in [3.05, 3.63) is 34.8 Å². The lowest BCUT2D eigenvalue weighted by atomic mass is 10.1. The Morgan fingerprint density at radius 3 is 2.89 bits per heavy atom. The second kappa shape index (κ2) is 7.36. The van der Waals surface area contributed by atoms with Gasteiger partial charge in [0.15, 0.2) is 0 Å². The molecule has 1 aromatic carbocycles. The fourth-order valence-corrected chi connectivity index (χ4v) is 2.79. The molecule has 0 aliphatic heterocycles. The molecule has 0 aliphatic rings. The molecule has 4 heteroatoms. The monoisotopic (exact) mass is 275 g/mol. The second-order valence-corrected chi connectivity index (χ2v) is 5.79. The van der Waals surface area contributed by atoms with Crippen LogP contribution in [0.3, 0.4) is 0 Å². The van der Waals surface area contributed by atoms with Crippen molar-refractivity contribution in [3.8, 4) is 10.6 Å². The van der Waals surface area contributed by atoms with Crippen LogP contribution in [-0.2, 0) is 6.42 Å². The van der Waals surface area contributed by atoms with Crippen LogP contribution in [-0.4, -0.2) is 23.3 Å². The maximum Gasteiger partial charge on any atom is 0.147 e. The summed E-state index contributed by atoms with van der Waals surface area (Å²) in [5.74, 6) is 0. The molecule has 2 rings (SSSR count). The fraction of sp³-hybridized carbons (Fsp3) is 0.467. The SMILES string of the molecule is CCCNCCCc1nnc(-c2cccc(C)c2)s1. The van der Waals surface area contributed by atoms with E-state index in [-0.39, 0.29) is 0 Å². The molecule has 0 spiro atoms. The van der Waals surface area contributed by atoms with Gasteiger partial charge in [0.2, 0.25) is 0 Å². The van der Waals surface area contributed by atoms with Gasteiger partial charge in [-0.3, -0.25) is 0 Å². The molecule has 0 radical (unpaired) electrons. The first kappa shape index (κ1) is 14.2. The van der Waals surface area contributed by atoms with Gasteiger partial charge in [-0.1, -0.05) is 42.0 Å².